The normalized spacial score (nSPS) is 16.4. The highest BCUT2D eigenvalue weighted by molar-refractivity contribution is 7.85. The lowest BCUT2D eigenvalue weighted by molar-refractivity contribution is 0.556. The van der Waals surface area contributed by atoms with Gasteiger partial charge in [-0.25, -0.2) is 29.9 Å². The van der Waals surface area contributed by atoms with Crippen molar-refractivity contribution in [3.05, 3.63) is 474 Å². The molecule has 0 radical (unpaired) electrons. The summed E-state index contributed by atoms with van der Waals surface area (Å²) in [6, 6.07) is 148. The molecule has 7 heterocycles. The first-order valence-corrected chi connectivity index (χ1v) is 43.7. The molecule has 0 fully saturated rings. The van der Waals surface area contributed by atoms with Gasteiger partial charge >= 0.3 is 0 Å². The summed E-state index contributed by atoms with van der Waals surface area (Å²) in [6.45, 7) is 4.74. The standard InChI is InChI=1S/C58H37N4OP.C55H38N4/c63-64(43-21-8-3-9-22-43)52-30-15-12-26-47(52)58(46-25-11-14-29-51(46)62-50-28-13-10-23-44(50)45-24-16-27-49(58)54(45)62)48-36-35-42(37-53(48)64)57-60-55(40-19-6-2-7-20-40)59-56(61-57)41-33-31-39(32-34-41)38-17-4-1-5-18-38;1-54(2)42-22-10-11-23-43(42)55(45-24-12-14-27-49(45)59-48-26-13-9-20-40(48)41-21-15-25-46(55)50(41)59)44-33-32-39(34-47(44)54)53-57-51(37-18-7-4-8-19-37)56-52(58-53)38-30-28-36(29-31-38)35-16-5-3-6-17-35/h1-37H;3-34H,1-2H3. The molecule has 21 aromatic rings. The van der Waals surface area contributed by atoms with Crippen molar-refractivity contribution in [1.82, 2.24) is 39.0 Å². The van der Waals surface area contributed by atoms with Crippen LogP contribution in [-0.4, -0.2) is 39.0 Å². The van der Waals surface area contributed by atoms with Crippen LogP contribution >= 0.6 is 7.14 Å². The van der Waals surface area contributed by atoms with Crippen LogP contribution in [0.1, 0.15) is 69.5 Å². The van der Waals surface area contributed by atoms with Crippen LogP contribution in [0.3, 0.4) is 0 Å². The number of para-hydroxylation sites is 6. The van der Waals surface area contributed by atoms with Crippen LogP contribution in [-0.2, 0) is 20.8 Å². The molecule has 3 aliphatic heterocycles. The van der Waals surface area contributed by atoms with E-state index in [1.165, 1.54) is 77.2 Å². The van der Waals surface area contributed by atoms with E-state index < -0.39 is 18.0 Å². The second-order valence-electron chi connectivity index (χ2n) is 33.0. The zero-order valence-corrected chi connectivity index (χ0v) is 68.2. The molecule has 0 saturated heterocycles. The Balaban J connectivity index is 0.000000139. The maximum atomic E-state index is 16.9. The second-order valence-corrected chi connectivity index (χ2v) is 35.7. The molecule has 17 aromatic carbocycles. The van der Waals surface area contributed by atoms with Crippen molar-refractivity contribution in [3.63, 3.8) is 0 Å². The lowest BCUT2D eigenvalue weighted by Crippen LogP contribution is -2.48. The van der Waals surface area contributed by atoms with E-state index in [2.05, 4.69) is 344 Å². The van der Waals surface area contributed by atoms with Gasteiger partial charge in [-0.15, -0.1) is 0 Å². The predicted octanol–water partition coefficient (Wildman–Crippen LogP) is 25.3. The monoisotopic (exact) mass is 1590 g/mol. The van der Waals surface area contributed by atoms with Crippen molar-refractivity contribution >= 4 is 66.7 Å². The quantitative estimate of drug-likeness (QED) is 0.133. The third-order valence-electron chi connectivity index (χ3n) is 26.3. The van der Waals surface area contributed by atoms with Gasteiger partial charge in [-0.2, -0.15) is 0 Å². The number of hydrogen-bond acceptors (Lipinski definition) is 7. The molecule has 123 heavy (non-hydrogen) atoms. The van der Waals surface area contributed by atoms with E-state index >= 15 is 4.57 Å². The van der Waals surface area contributed by atoms with Gasteiger partial charge in [0.1, 0.15) is 0 Å². The molecular weight excluding hydrogens is 1520 g/mol. The molecule has 0 bridgehead atoms. The molecule has 2 spiro atoms. The Morgan fingerprint density at radius 3 is 1.00 bits per heavy atom. The van der Waals surface area contributed by atoms with Crippen molar-refractivity contribution in [2.24, 2.45) is 0 Å². The van der Waals surface area contributed by atoms with Gasteiger partial charge < -0.3 is 13.7 Å². The molecule has 3 unspecified atom stereocenters. The van der Waals surface area contributed by atoms with E-state index in [0.717, 1.165) is 105 Å². The Kier molecular flexibility index (Phi) is 16.2. The molecule has 25 rings (SSSR count). The Bertz CT molecular complexity index is 7930. The van der Waals surface area contributed by atoms with E-state index in [-0.39, 0.29) is 5.41 Å². The Morgan fingerprint density at radius 2 is 0.520 bits per heavy atom. The predicted molar refractivity (Wildman–Crippen MR) is 501 cm³/mol. The fourth-order valence-corrected chi connectivity index (χ4v) is 24.0. The van der Waals surface area contributed by atoms with E-state index in [1.54, 1.807) is 0 Å². The molecule has 9 nitrogen and oxygen atoms in total. The van der Waals surface area contributed by atoms with Crippen LogP contribution < -0.4 is 15.9 Å². The van der Waals surface area contributed by atoms with E-state index in [1.807, 2.05) is 97.1 Å². The largest absolute Gasteiger partial charge is 0.309 e. The van der Waals surface area contributed by atoms with Gasteiger partial charge in [0.2, 0.25) is 0 Å². The van der Waals surface area contributed by atoms with E-state index in [9.17, 15) is 0 Å². The number of nitrogens with zero attached hydrogens (tertiary/aromatic N) is 8. The van der Waals surface area contributed by atoms with Crippen LogP contribution in [0, 0.1) is 0 Å². The van der Waals surface area contributed by atoms with Crippen LogP contribution in [0.15, 0.2) is 419 Å². The summed E-state index contributed by atoms with van der Waals surface area (Å²) in [4.78, 5) is 31.0. The van der Waals surface area contributed by atoms with Gasteiger partial charge in [-0.05, 0) is 114 Å². The van der Waals surface area contributed by atoms with Gasteiger partial charge in [0, 0.05) is 76.3 Å². The number of fused-ring (bicyclic) bond motifs is 22. The minimum Gasteiger partial charge on any atom is -0.309 e. The fourth-order valence-electron chi connectivity index (χ4n) is 20.8. The summed E-state index contributed by atoms with van der Waals surface area (Å²) in [5, 5.41) is 7.34. The molecule has 0 amide bonds. The second kappa shape index (κ2) is 27.8. The van der Waals surface area contributed by atoms with E-state index in [0.29, 0.717) is 34.9 Å². The molecule has 0 N–H and O–H groups in total. The van der Waals surface area contributed by atoms with Gasteiger partial charge in [-0.3, -0.25) is 0 Å². The minimum atomic E-state index is -3.54. The Labute approximate surface area is 711 Å². The maximum absolute atomic E-state index is 16.9. The summed E-state index contributed by atoms with van der Waals surface area (Å²) < 4.78 is 21.8. The number of benzene rings is 17. The van der Waals surface area contributed by atoms with Crippen LogP contribution in [0.2, 0.25) is 0 Å². The molecule has 4 aliphatic rings. The highest BCUT2D eigenvalue weighted by atomic mass is 31.2. The summed E-state index contributed by atoms with van der Waals surface area (Å²) in [5.41, 5.74) is 27.5. The average molecular weight is 1590 g/mol. The molecular formula is C113H75N8OP. The zero-order valence-electron chi connectivity index (χ0n) is 67.3. The summed E-state index contributed by atoms with van der Waals surface area (Å²) in [7, 11) is -3.54. The van der Waals surface area contributed by atoms with E-state index in [4.69, 9.17) is 29.9 Å². The summed E-state index contributed by atoms with van der Waals surface area (Å²) >= 11 is 0. The molecule has 3 atom stereocenters. The van der Waals surface area contributed by atoms with Crippen molar-refractivity contribution in [2.45, 2.75) is 30.1 Å². The zero-order chi connectivity index (χ0) is 81.7. The lowest BCUT2D eigenvalue weighted by Gasteiger charge is -2.50. The topological polar surface area (TPSA) is 104 Å². The van der Waals surface area contributed by atoms with Crippen molar-refractivity contribution in [1.29, 1.82) is 0 Å². The SMILES string of the molecule is CC1(C)c2ccccc2C2(c3ccccc3-n3c4ccccc4c4cccc2c43)c2ccc(-c3nc(-c4ccccc4)nc(-c4ccc(-c5ccccc5)cc4)n3)cc21.O=P1(c2ccccc2)c2ccccc2C2(c3ccccc3-n3c4ccccc4c4cccc2c43)c2ccc(-c3nc(-c4ccccc4)nc(-c4ccc(-c5ccccc5)cc4)n3)cc21. The minimum absolute atomic E-state index is 0.328. The number of hydrogen-bond donors (Lipinski definition) is 0. The number of rotatable bonds is 9. The Morgan fingerprint density at radius 1 is 0.220 bits per heavy atom. The smallest absolute Gasteiger partial charge is 0.171 e. The summed E-state index contributed by atoms with van der Waals surface area (Å²) in [6.07, 6.45) is 0. The maximum Gasteiger partial charge on any atom is 0.171 e. The van der Waals surface area contributed by atoms with Crippen LogP contribution in [0.4, 0.5) is 0 Å². The average Bonchev–Trinajstić information content (AvgIpc) is 1.66. The van der Waals surface area contributed by atoms with Crippen molar-refractivity contribution < 1.29 is 4.57 Å². The number of aromatic nitrogens is 8. The van der Waals surface area contributed by atoms with Crippen LogP contribution in [0.5, 0.6) is 0 Å². The lowest BCUT2D eigenvalue weighted by atomic mass is 9.53. The third-order valence-corrected chi connectivity index (χ3v) is 29.4. The van der Waals surface area contributed by atoms with Gasteiger partial charge in [0.05, 0.1) is 44.3 Å². The van der Waals surface area contributed by atoms with Crippen LogP contribution in [0.25, 0.3) is 146 Å². The molecule has 578 valence electrons. The molecule has 4 aromatic heterocycles. The van der Waals surface area contributed by atoms with Crippen molar-refractivity contribution in [2.75, 3.05) is 0 Å². The molecule has 10 heteroatoms. The molecule has 0 saturated carbocycles. The summed E-state index contributed by atoms with van der Waals surface area (Å²) in [5.74, 6) is 3.59. The van der Waals surface area contributed by atoms with Gasteiger partial charge in [-0.1, -0.05) is 396 Å². The highest BCUT2D eigenvalue weighted by Crippen LogP contribution is 2.64. The fraction of sp³-hybridized carbons (Fsp3) is 0.0442. The first-order chi connectivity index (χ1) is 60.6. The third kappa shape index (κ3) is 10.7. The first-order valence-electron chi connectivity index (χ1n) is 42.0. The van der Waals surface area contributed by atoms with Gasteiger partial charge in [0.25, 0.3) is 0 Å². The first kappa shape index (κ1) is 71.7. The van der Waals surface area contributed by atoms with Gasteiger partial charge in [0.15, 0.2) is 42.1 Å². The highest BCUT2D eigenvalue weighted by Gasteiger charge is 2.56. The van der Waals surface area contributed by atoms with Crippen molar-refractivity contribution in [3.8, 4) is 102 Å². The molecule has 1 aliphatic carbocycles. The Hall–Kier alpha value is -15.4.